The van der Waals surface area contributed by atoms with Gasteiger partial charge in [-0.05, 0) is 37.6 Å². The molecule has 0 radical (unpaired) electrons. The van der Waals surface area contributed by atoms with Gasteiger partial charge in [0.1, 0.15) is 0 Å². The number of carbonyl (C=O) groups excluding carboxylic acids is 1. The number of rotatable bonds is 4. The highest BCUT2D eigenvalue weighted by molar-refractivity contribution is 8.00. The van der Waals surface area contributed by atoms with E-state index < -0.39 is 0 Å². The summed E-state index contributed by atoms with van der Waals surface area (Å²) in [6.07, 6.45) is 1.77. The quantitative estimate of drug-likeness (QED) is 0.659. The average molecular weight is 245 g/mol. The number of benzene rings is 1. The Morgan fingerprint density at radius 3 is 2.76 bits per heavy atom. The van der Waals surface area contributed by atoms with Crippen LogP contribution in [0, 0.1) is 13.8 Å². The number of aromatic nitrogens is 1. The normalized spacial score (nSPS) is 10.5. The maximum atomic E-state index is 11.8. The van der Waals surface area contributed by atoms with E-state index in [0.717, 1.165) is 0 Å². The first-order chi connectivity index (χ1) is 8.16. The average Bonchev–Trinajstić information content (AvgIpc) is 2.81. The van der Waals surface area contributed by atoms with E-state index in [1.54, 1.807) is 18.0 Å². The Bertz CT molecular complexity index is 517. The van der Waals surface area contributed by atoms with Crippen molar-refractivity contribution < 1.29 is 4.79 Å². The van der Waals surface area contributed by atoms with Gasteiger partial charge in [-0.1, -0.05) is 17.7 Å². The van der Waals surface area contributed by atoms with Crippen LogP contribution in [0.5, 0.6) is 0 Å². The molecule has 0 aliphatic heterocycles. The summed E-state index contributed by atoms with van der Waals surface area (Å²) in [5.74, 6) is 0.615. The Labute approximate surface area is 105 Å². The van der Waals surface area contributed by atoms with Crippen LogP contribution in [-0.2, 0) is 0 Å². The lowest BCUT2D eigenvalue weighted by Gasteiger charge is -2.05. The summed E-state index contributed by atoms with van der Waals surface area (Å²) in [4.78, 5) is 15.9. The number of ketones is 1. The van der Waals surface area contributed by atoms with E-state index in [-0.39, 0.29) is 5.78 Å². The first-order valence-corrected chi connectivity index (χ1v) is 6.52. The molecule has 0 atom stereocenters. The Kier molecular flexibility index (Phi) is 3.69. The Hall–Kier alpha value is -1.48. The zero-order chi connectivity index (χ0) is 12.3. The number of aryl methyl sites for hydroxylation is 2. The van der Waals surface area contributed by atoms with E-state index in [4.69, 9.17) is 0 Å². The maximum Gasteiger partial charge on any atom is 0.189 e. The van der Waals surface area contributed by atoms with Gasteiger partial charge in [0.05, 0.1) is 11.4 Å². The zero-order valence-corrected chi connectivity index (χ0v) is 10.8. The molecule has 2 aromatic rings. The monoisotopic (exact) mass is 245 g/mol. The van der Waals surface area contributed by atoms with E-state index in [2.05, 4.69) is 37.0 Å². The molecular formula is C14H15NOS. The Morgan fingerprint density at radius 2 is 2.12 bits per heavy atom. The van der Waals surface area contributed by atoms with Gasteiger partial charge in [-0.25, -0.2) is 0 Å². The highest BCUT2D eigenvalue weighted by atomic mass is 32.2. The van der Waals surface area contributed by atoms with Crippen LogP contribution < -0.4 is 0 Å². The molecule has 0 saturated heterocycles. The molecule has 0 aliphatic rings. The van der Waals surface area contributed by atoms with Crippen LogP contribution in [0.1, 0.15) is 21.6 Å². The molecule has 0 aliphatic carbocycles. The minimum Gasteiger partial charge on any atom is -0.359 e. The van der Waals surface area contributed by atoms with Crippen molar-refractivity contribution in [3.8, 4) is 0 Å². The minimum absolute atomic E-state index is 0.139. The highest BCUT2D eigenvalue weighted by Gasteiger charge is 2.08. The molecule has 2 rings (SSSR count). The Morgan fingerprint density at radius 1 is 1.29 bits per heavy atom. The van der Waals surface area contributed by atoms with E-state index in [1.165, 1.54) is 16.0 Å². The molecule has 3 heteroatoms. The second-order valence-electron chi connectivity index (χ2n) is 4.06. The molecule has 1 N–H and O–H groups in total. The number of nitrogens with one attached hydrogen (secondary N) is 1. The summed E-state index contributed by atoms with van der Waals surface area (Å²) >= 11 is 1.59. The summed E-state index contributed by atoms with van der Waals surface area (Å²) in [6.45, 7) is 4.15. The topological polar surface area (TPSA) is 32.9 Å². The van der Waals surface area contributed by atoms with Crippen LogP contribution in [0.3, 0.4) is 0 Å². The molecule has 0 fully saturated rings. The van der Waals surface area contributed by atoms with Crippen molar-refractivity contribution >= 4 is 17.5 Å². The van der Waals surface area contributed by atoms with Gasteiger partial charge in [0.25, 0.3) is 0 Å². The smallest absolute Gasteiger partial charge is 0.189 e. The SMILES string of the molecule is Cc1ccc(SCC(=O)c2ccc[nH]2)c(C)c1. The lowest BCUT2D eigenvalue weighted by atomic mass is 10.2. The summed E-state index contributed by atoms with van der Waals surface area (Å²) in [5.41, 5.74) is 3.17. The largest absolute Gasteiger partial charge is 0.359 e. The molecule has 17 heavy (non-hydrogen) atoms. The summed E-state index contributed by atoms with van der Waals surface area (Å²) < 4.78 is 0. The molecule has 0 unspecified atom stereocenters. The van der Waals surface area contributed by atoms with E-state index in [9.17, 15) is 4.79 Å². The molecule has 0 spiro atoms. The fourth-order valence-corrected chi connectivity index (χ4v) is 2.58. The number of aromatic amines is 1. The molecule has 88 valence electrons. The van der Waals surface area contributed by atoms with Crippen LogP contribution in [0.4, 0.5) is 0 Å². The van der Waals surface area contributed by atoms with Crippen molar-refractivity contribution in [2.75, 3.05) is 5.75 Å². The second-order valence-corrected chi connectivity index (χ2v) is 5.08. The molecular weight excluding hydrogens is 230 g/mol. The maximum absolute atomic E-state index is 11.8. The van der Waals surface area contributed by atoms with Crippen molar-refractivity contribution in [3.05, 3.63) is 53.3 Å². The van der Waals surface area contributed by atoms with E-state index >= 15 is 0 Å². The van der Waals surface area contributed by atoms with Gasteiger partial charge in [0.2, 0.25) is 0 Å². The number of hydrogen-bond acceptors (Lipinski definition) is 2. The number of Topliss-reactive ketones (excluding diaryl/α,β-unsaturated/α-hetero) is 1. The lowest BCUT2D eigenvalue weighted by Crippen LogP contribution is -2.02. The van der Waals surface area contributed by atoms with Gasteiger partial charge in [-0.15, -0.1) is 11.8 Å². The lowest BCUT2D eigenvalue weighted by molar-refractivity contribution is 0.101. The summed E-state index contributed by atoms with van der Waals surface area (Å²) in [5, 5.41) is 0. The molecule has 1 aromatic heterocycles. The van der Waals surface area contributed by atoms with Gasteiger partial charge >= 0.3 is 0 Å². The first kappa shape index (κ1) is 12.0. The zero-order valence-electron chi connectivity index (χ0n) is 9.99. The van der Waals surface area contributed by atoms with E-state index in [0.29, 0.717) is 11.4 Å². The van der Waals surface area contributed by atoms with Crippen LogP contribution in [0.25, 0.3) is 0 Å². The fraction of sp³-hybridized carbons (Fsp3) is 0.214. The van der Waals surface area contributed by atoms with Crippen molar-refractivity contribution in [1.29, 1.82) is 0 Å². The molecule has 1 aromatic carbocycles. The predicted molar refractivity (Wildman–Crippen MR) is 71.8 cm³/mol. The van der Waals surface area contributed by atoms with Crippen molar-refractivity contribution in [2.45, 2.75) is 18.7 Å². The number of hydrogen-bond donors (Lipinski definition) is 1. The third kappa shape index (κ3) is 3.01. The van der Waals surface area contributed by atoms with E-state index in [1.807, 2.05) is 12.1 Å². The number of H-pyrrole nitrogens is 1. The highest BCUT2D eigenvalue weighted by Crippen LogP contribution is 2.23. The van der Waals surface area contributed by atoms with Crippen molar-refractivity contribution in [3.63, 3.8) is 0 Å². The van der Waals surface area contributed by atoms with Gasteiger partial charge in [-0.3, -0.25) is 4.79 Å². The Balaban J connectivity index is 2.01. The molecule has 1 heterocycles. The first-order valence-electron chi connectivity index (χ1n) is 5.53. The van der Waals surface area contributed by atoms with Gasteiger partial charge in [0, 0.05) is 11.1 Å². The van der Waals surface area contributed by atoms with Crippen molar-refractivity contribution in [1.82, 2.24) is 4.98 Å². The minimum atomic E-state index is 0.139. The summed E-state index contributed by atoms with van der Waals surface area (Å²) in [6, 6.07) is 9.95. The second kappa shape index (κ2) is 5.23. The number of thioether (sulfide) groups is 1. The number of carbonyl (C=O) groups is 1. The summed E-state index contributed by atoms with van der Waals surface area (Å²) in [7, 11) is 0. The van der Waals surface area contributed by atoms with Crippen LogP contribution in [-0.4, -0.2) is 16.5 Å². The molecule has 0 saturated carbocycles. The van der Waals surface area contributed by atoms with Crippen LogP contribution in [0.15, 0.2) is 41.4 Å². The third-order valence-electron chi connectivity index (χ3n) is 2.59. The standard InChI is InChI=1S/C14H15NOS/c1-10-5-6-14(11(2)8-10)17-9-13(16)12-4-3-7-15-12/h3-8,15H,9H2,1-2H3. The van der Waals surface area contributed by atoms with Crippen LogP contribution in [0.2, 0.25) is 0 Å². The fourth-order valence-electron chi connectivity index (χ4n) is 1.69. The molecule has 0 bridgehead atoms. The van der Waals surface area contributed by atoms with Crippen LogP contribution >= 0.6 is 11.8 Å². The third-order valence-corrected chi connectivity index (χ3v) is 3.76. The molecule has 0 amide bonds. The molecule has 2 nitrogen and oxygen atoms in total. The van der Waals surface area contributed by atoms with Gasteiger partial charge < -0.3 is 4.98 Å². The predicted octanol–water partition coefficient (Wildman–Crippen LogP) is 3.61. The van der Waals surface area contributed by atoms with Gasteiger partial charge in [-0.2, -0.15) is 0 Å². The van der Waals surface area contributed by atoms with Crippen molar-refractivity contribution in [2.24, 2.45) is 0 Å². The van der Waals surface area contributed by atoms with Gasteiger partial charge in [0.15, 0.2) is 5.78 Å².